The van der Waals surface area contributed by atoms with E-state index in [2.05, 4.69) is 9.97 Å². The van der Waals surface area contributed by atoms with Crippen LogP contribution < -0.4 is 0 Å². The summed E-state index contributed by atoms with van der Waals surface area (Å²) in [5, 5.41) is 0. The predicted molar refractivity (Wildman–Crippen MR) is 96.1 cm³/mol. The SMILES string of the molecule is CC(c1ccc(F)c(F)c1)N(C)C(=O)/C=C/c1cnc2ccccc2n1. The van der Waals surface area contributed by atoms with E-state index in [0.29, 0.717) is 11.3 Å². The number of hydrogen-bond acceptors (Lipinski definition) is 3. The van der Waals surface area contributed by atoms with Crippen LogP contribution in [0.15, 0.2) is 54.7 Å². The van der Waals surface area contributed by atoms with E-state index in [4.69, 9.17) is 0 Å². The van der Waals surface area contributed by atoms with Crippen molar-refractivity contribution in [2.45, 2.75) is 13.0 Å². The molecule has 0 spiro atoms. The topological polar surface area (TPSA) is 46.1 Å². The fraction of sp³-hybridized carbons (Fsp3) is 0.150. The van der Waals surface area contributed by atoms with Crippen LogP contribution in [0, 0.1) is 11.6 Å². The Labute approximate surface area is 149 Å². The quantitative estimate of drug-likeness (QED) is 0.662. The lowest BCUT2D eigenvalue weighted by atomic mass is 10.1. The molecule has 0 aliphatic heterocycles. The third kappa shape index (κ3) is 3.74. The molecule has 1 amide bonds. The van der Waals surface area contributed by atoms with Gasteiger partial charge in [0.05, 0.1) is 29.0 Å². The molecule has 0 aliphatic carbocycles. The highest BCUT2D eigenvalue weighted by Crippen LogP contribution is 2.21. The molecule has 4 nitrogen and oxygen atoms in total. The molecule has 3 aromatic rings. The van der Waals surface area contributed by atoms with Gasteiger partial charge < -0.3 is 4.90 Å². The summed E-state index contributed by atoms with van der Waals surface area (Å²) >= 11 is 0. The second kappa shape index (κ2) is 7.39. The van der Waals surface area contributed by atoms with Crippen LogP contribution >= 0.6 is 0 Å². The first-order valence-corrected chi connectivity index (χ1v) is 8.07. The van der Waals surface area contributed by atoms with Gasteiger partial charge in [0.15, 0.2) is 11.6 Å². The van der Waals surface area contributed by atoms with E-state index in [-0.39, 0.29) is 5.91 Å². The molecule has 3 rings (SSSR count). The molecule has 1 heterocycles. The van der Waals surface area contributed by atoms with Gasteiger partial charge in [-0.25, -0.2) is 13.8 Å². The molecule has 26 heavy (non-hydrogen) atoms. The van der Waals surface area contributed by atoms with Gasteiger partial charge in [-0.15, -0.1) is 0 Å². The molecule has 0 fully saturated rings. The van der Waals surface area contributed by atoms with Crippen LogP contribution in [0.3, 0.4) is 0 Å². The lowest BCUT2D eigenvalue weighted by molar-refractivity contribution is -0.126. The van der Waals surface area contributed by atoms with Crippen LogP contribution in [0.25, 0.3) is 17.1 Å². The summed E-state index contributed by atoms with van der Waals surface area (Å²) in [4.78, 5) is 22.5. The number of carbonyl (C=O) groups is 1. The molecule has 0 bridgehead atoms. The van der Waals surface area contributed by atoms with Gasteiger partial charge in [-0.3, -0.25) is 9.78 Å². The van der Waals surface area contributed by atoms with Crippen LogP contribution in [0.2, 0.25) is 0 Å². The van der Waals surface area contributed by atoms with Gasteiger partial charge in [-0.05, 0) is 42.8 Å². The fourth-order valence-corrected chi connectivity index (χ4v) is 2.51. The molecule has 0 saturated heterocycles. The molecule has 132 valence electrons. The zero-order valence-electron chi connectivity index (χ0n) is 14.4. The number of amides is 1. The minimum Gasteiger partial charge on any atom is -0.335 e. The average molecular weight is 353 g/mol. The molecule has 6 heteroatoms. The summed E-state index contributed by atoms with van der Waals surface area (Å²) in [6.45, 7) is 1.74. The van der Waals surface area contributed by atoms with Crippen LogP contribution in [-0.4, -0.2) is 27.8 Å². The van der Waals surface area contributed by atoms with Gasteiger partial charge in [-0.1, -0.05) is 18.2 Å². The Hall–Kier alpha value is -3.15. The third-order valence-corrected chi connectivity index (χ3v) is 4.22. The third-order valence-electron chi connectivity index (χ3n) is 4.22. The van der Waals surface area contributed by atoms with Crippen molar-refractivity contribution in [2.75, 3.05) is 7.05 Å². The van der Waals surface area contributed by atoms with Gasteiger partial charge in [0.2, 0.25) is 5.91 Å². The Morgan fingerprint density at radius 3 is 2.58 bits per heavy atom. The number of benzene rings is 2. The fourth-order valence-electron chi connectivity index (χ4n) is 2.51. The van der Waals surface area contributed by atoms with E-state index in [1.54, 1.807) is 26.2 Å². The maximum Gasteiger partial charge on any atom is 0.246 e. The number of fused-ring (bicyclic) bond motifs is 1. The largest absolute Gasteiger partial charge is 0.335 e. The monoisotopic (exact) mass is 353 g/mol. The highest BCUT2D eigenvalue weighted by Gasteiger charge is 2.17. The summed E-state index contributed by atoms with van der Waals surface area (Å²) in [6.07, 6.45) is 4.55. The molecule has 0 saturated carbocycles. The second-order valence-electron chi connectivity index (χ2n) is 5.92. The van der Waals surface area contributed by atoms with Crippen molar-refractivity contribution in [3.63, 3.8) is 0 Å². The van der Waals surface area contributed by atoms with Crippen molar-refractivity contribution in [3.05, 3.63) is 77.6 Å². The molecule has 0 aliphatic rings. The first-order chi connectivity index (χ1) is 12.5. The highest BCUT2D eigenvalue weighted by atomic mass is 19.2. The van der Waals surface area contributed by atoms with Crippen molar-refractivity contribution < 1.29 is 13.6 Å². The van der Waals surface area contributed by atoms with E-state index in [1.165, 1.54) is 17.0 Å². The Balaban J connectivity index is 1.74. The van der Waals surface area contributed by atoms with Crippen LogP contribution in [0.4, 0.5) is 8.78 Å². The minimum atomic E-state index is -0.933. The van der Waals surface area contributed by atoms with Crippen molar-refractivity contribution in [2.24, 2.45) is 0 Å². The van der Waals surface area contributed by atoms with E-state index >= 15 is 0 Å². The van der Waals surface area contributed by atoms with Crippen molar-refractivity contribution in [1.29, 1.82) is 0 Å². The lowest BCUT2D eigenvalue weighted by Gasteiger charge is -2.24. The first-order valence-electron chi connectivity index (χ1n) is 8.07. The minimum absolute atomic E-state index is 0.280. The summed E-state index contributed by atoms with van der Waals surface area (Å²) in [7, 11) is 1.60. The maximum atomic E-state index is 13.4. The molecule has 1 aromatic heterocycles. The summed E-state index contributed by atoms with van der Waals surface area (Å²) in [5.74, 6) is -2.13. The number of hydrogen-bond donors (Lipinski definition) is 0. The standard InChI is InChI=1S/C20H17F2N3O/c1-13(14-7-9-16(21)17(22)11-14)25(2)20(26)10-8-15-12-23-18-5-3-4-6-19(18)24-15/h3-13H,1-2H3/b10-8+. The number of aromatic nitrogens is 2. The Bertz CT molecular complexity index is 988. The average Bonchev–Trinajstić information content (AvgIpc) is 2.66. The number of nitrogens with zero attached hydrogens (tertiary/aromatic N) is 3. The predicted octanol–water partition coefficient (Wildman–Crippen LogP) is 4.14. The zero-order valence-corrected chi connectivity index (χ0v) is 14.4. The van der Waals surface area contributed by atoms with E-state index in [9.17, 15) is 13.6 Å². The Morgan fingerprint density at radius 2 is 1.85 bits per heavy atom. The van der Waals surface area contributed by atoms with E-state index in [1.807, 2.05) is 24.3 Å². The van der Waals surface area contributed by atoms with Crippen molar-refractivity contribution >= 4 is 23.0 Å². The van der Waals surface area contributed by atoms with Gasteiger partial charge in [0, 0.05) is 13.1 Å². The smallest absolute Gasteiger partial charge is 0.246 e. The zero-order chi connectivity index (χ0) is 18.7. The van der Waals surface area contributed by atoms with Crippen LogP contribution in [0.5, 0.6) is 0 Å². The van der Waals surface area contributed by atoms with Gasteiger partial charge in [-0.2, -0.15) is 0 Å². The number of carbonyl (C=O) groups excluding carboxylic acids is 1. The van der Waals surface area contributed by atoms with E-state index < -0.39 is 17.7 Å². The van der Waals surface area contributed by atoms with Gasteiger partial charge >= 0.3 is 0 Å². The normalized spacial score (nSPS) is 12.5. The van der Waals surface area contributed by atoms with Crippen molar-refractivity contribution in [3.8, 4) is 0 Å². The Kier molecular flexibility index (Phi) is 5.02. The summed E-state index contributed by atoms with van der Waals surface area (Å²) in [6, 6.07) is 10.7. The van der Waals surface area contributed by atoms with E-state index in [0.717, 1.165) is 23.2 Å². The molecule has 0 radical (unpaired) electrons. The highest BCUT2D eigenvalue weighted by molar-refractivity contribution is 5.91. The molecular formula is C20H17F2N3O. The first kappa shape index (κ1) is 17.7. The number of halogens is 2. The lowest BCUT2D eigenvalue weighted by Crippen LogP contribution is -2.28. The number of rotatable bonds is 4. The molecular weight excluding hydrogens is 336 g/mol. The van der Waals surface area contributed by atoms with Crippen LogP contribution in [-0.2, 0) is 4.79 Å². The molecule has 0 N–H and O–H groups in total. The Morgan fingerprint density at radius 1 is 1.12 bits per heavy atom. The summed E-state index contributed by atoms with van der Waals surface area (Å²) in [5.41, 5.74) is 2.59. The maximum absolute atomic E-state index is 13.4. The summed E-state index contributed by atoms with van der Waals surface area (Å²) < 4.78 is 26.5. The number of likely N-dealkylation sites (N-methyl/N-ethyl adjacent to an activating group) is 1. The van der Waals surface area contributed by atoms with Crippen LogP contribution in [0.1, 0.15) is 24.2 Å². The molecule has 1 unspecified atom stereocenters. The van der Waals surface area contributed by atoms with Gasteiger partial charge in [0.25, 0.3) is 0 Å². The second-order valence-corrected chi connectivity index (χ2v) is 5.92. The van der Waals surface area contributed by atoms with Gasteiger partial charge in [0.1, 0.15) is 0 Å². The molecule has 1 atom stereocenters. The van der Waals surface area contributed by atoms with Crippen molar-refractivity contribution in [1.82, 2.24) is 14.9 Å². The number of para-hydroxylation sites is 2. The molecule has 2 aromatic carbocycles.